The minimum atomic E-state index is -3.75. The Labute approximate surface area is 163 Å². The molecule has 11 heteroatoms. The Morgan fingerprint density at radius 1 is 1.21 bits per heavy atom. The molecule has 2 N–H and O–H groups in total. The smallest absolute Gasteiger partial charge is 0.307 e. The number of carboxylic acids is 1. The number of hydrogen-bond acceptors (Lipinski definition) is 6. The first-order chi connectivity index (χ1) is 13.3. The van der Waals surface area contributed by atoms with Gasteiger partial charge in [-0.15, -0.1) is 10.2 Å². The summed E-state index contributed by atoms with van der Waals surface area (Å²) in [6, 6.07) is 0. The van der Waals surface area contributed by atoms with E-state index in [1.165, 1.54) is 10.6 Å². The van der Waals surface area contributed by atoms with Gasteiger partial charge in [0.05, 0.1) is 11.5 Å². The lowest BCUT2D eigenvalue weighted by Crippen LogP contribution is -2.67. The molecule has 0 spiro atoms. The van der Waals surface area contributed by atoms with Gasteiger partial charge in [-0.05, 0) is 68.4 Å². The van der Waals surface area contributed by atoms with E-state index in [0.717, 1.165) is 32.1 Å². The van der Waals surface area contributed by atoms with Crippen LogP contribution in [0.5, 0.6) is 0 Å². The van der Waals surface area contributed by atoms with Gasteiger partial charge in [0.25, 0.3) is 10.2 Å². The van der Waals surface area contributed by atoms with Crippen molar-refractivity contribution < 1.29 is 18.3 Å². The fourth-order valence-corrected chi connectivity index (χ4v) is 8.31. The molecular weight excluding hydrogens is 384 g/mol. The second-order valence-electron chi connectivity index (χ2n) is 9.33. The average molecular weight is 411 g/mol. The summed E-state index contributed by atoms with van der Waals surface area (Å²) in [4.78, 5) is 13.0. The van der Waals surface area contributed by atoms with Crippen LogP contribution in [0.2, 0.25) is 0 Å². The number of nitrogens with one attached hydrogen (secondary N) is 1. The van der Waals surface area contributed by atoms with Crippen molar-refractivity contribution >= 4 is 16.2 Å². The first-order valence-electron chi connectivity index (χ1n) is 10.0. The van der Waals surface area contributed by atoms with Gasteiger partial charge in [-0.2, -0.15) is 22.2 Å². The summed E-state index contributed by atoms with van der Waals surface area (Å²) in [6.45, 7) is 0.418. The Morgan fingerprint density at radius 3 is 2.61 bits per heavy atom. The number of aliphatic carboxylic acids is 1. The topological polar surface area (TPSA) is 130 Å². The first-order valence-corrected chi connectivity index (χ1v) is 11.5. The second kappa shape index (κ2) is 6.20. The minimum absolute atomic E-state index is 0.0450. The van der Waals surface area contributed by atoms with Gasteiger partial charge in [0.2, 0.25) is 0 Å². The van der Waals surface area contributed by atoms with Gasteiger partial charge < -0.3 is 5.11 Å². The van der Waals surface area contributed by atoms with Crippen LogP contribution in [0.4, 0.5) is 0 Å². The average Bonchev–Trinajstić information content (AvgIpc) is 3.15. The third-order valence-corrected chi connectivity index (χ3v) is 8.92. The molecule has 6 rings (SSSR count). The van der Waals surface area contributed by atoms with Gasteiger partial charge in [0.1, 0.15) is 0 Å². The van der Waals surface area contributed by atoms with Crippen LogP contribution in [0.3, 0.4) is 0 Å². The second-order valence-corrected chi connectivity index (χ2v) is 11.0. The number of hydrogen-bond donors (Lipinski definition) is 2. The maximum Gasteiger partial charge on any atom is 0.307 e. The van der Waals surface area contributed by atoms with Gasteiger partial charge in [-0.25, -0.2) is 0 Å². The molecule has 4 aliphatic carbocycles. The maximum absolute atomic E-state index is 13.2. The Morgan fingerprint density at radius 2 is 1.96 bits per heavy atom. The van der Waals surface area contributed by atoms with Gasteiger partial charge in [-0.1, -0.05) is 0 Å². The quantitative estimate of drug-likeness (QED) is 0.716. The Hall–Kier alpha value is -1.59. The molecule has 4 bridgehead atoms. The van der Waals surface area contributed by atoms with Crippen LogP contribution in [-0.4, -0.2) is 62.6 Å². The summed E-state index contributed by atoms with van der Waals surface area (Å²) in [5.41, 5.74) is -0.776. The fourth-order valence-electron chi connectivity index (χ4n) is 6.65. The molecular formula is C17H26N6O4S. The lowest BCUT2D eigenvalue weighted by Gasteiger charge is -2.61. The molecule has 5 atom stereocenters. The van der Waals surface area contributed by atoms with Crippen LogP contribution in [-0.2, 0) is 20.5 Å². The van der Waals surface area contributed by atoms with Crippen LogP contribution in [0.15, 0.2) is 6.33 Å². The van der Waals surface area contributed by atoms with Crippen LogP contribution in [0.1, 0.15) is 51.4 Å². The molecule has 0 amide bonds. The van der Waals surface area contributed by atoms with Crippen molar-refractivity contribution in [1.29, 1.82) is 0 Å². The van der Waals surface area contributed by atoms with E-state index in [9.17, 15) is 18.3 Å². The number of piperidine rings is 1. The van der Waals surface area contributed by atoms with Gasteiger partial charge in [0.15, 0.2) is 6.33 Å². The van der Waals surface area contributed by atoms with E-state index in [-0.39, 0.29) is 12.1 Å². The highest BCUT2D eigenvalue weighted by Crippen LogP contribution is 2.60. The van der Waals surface area contributed by atoms with Gasteiger partial charge >= 0.3 is 5.97 Å². The number of aromatic nitrogens is 4. The molecule has 4 saturated carbocycles. The summed E-state index contributed by atoms with van der Waals surface area (Å²) in [5.74, 6) is -0.663. The first kappa shape index (κ1) is 18.4. The van der Waals surface area contributed by atoms with Crippen LogP contribution in [0.25, 0.3) is 0 Å². The lowest BCUT2D eigenvalue weighted by atomic mass is 9.50. The van der Waals surface area contributed by atoms with Crippen molar-refractivity contribution in [3.05, 3.63) is 6.33 Å². The zero-order chi connectivity index (χ0) is 19.6. The Kier molecular flexibility index (Phi) is 4.08. The molecule has 154 valence electrons. The van der Waals surface area contributed by atoms with Crippen LogP contribution >= 0.6 is 0 Å². The number of tetrazole rings is 1. The van der Waals surface area contributed by atoms with Gasteiger partial charge in [0, 0.05) is 18.6 Å². The SMILES string of the molecule is O=C(O)[C@@H]1CCCN(S(=O)(=O)NC23C[C@H]4C[C@@H](C2)CC(n2ncnn2)(C4)C3)C1. The third-order valence-electron chi connectivity index (χ3n) is 7.22. The molecule has 2 heterocycles. The number of carboxylic acid groups (broad SMARTS) is 1. The van der Waals surface area contributed by atoms with E-state index in [1.54, 1.807) is 4.80 Å². The molecule has 1 aliphatic heterocycles. The molecule has 1 saturated heterocycles. The largest absolute Gasteiger partial charge is 0.481 e. The van der Waals surface area contributed by atoms with E-state index in [0.29, 0.717) is 37.6 Å². The molecule has 0 aromatic carbocycles. The minimum Gasteiger partial charge on any atom is -0.481 e. The van der Waals surface area contributed by atoms with Crippen LogP contribution < -0.4 is 4.72 Å². The molecule has 5 fully saturated rings. The molecule has 0 radical (unpaired) electrons. The van der Waals surface area contributed by atoms with Crippen molar-refractivity contribution in [3.63, 3.8) is 0 Å². The van der Waals surface area contributed by atoms with Gasteiger partial charge in [-0.3, -0.25) is 4.79 Å². The summed E-state index contributed by atoms with van der Waals surface area (Å²) >= 11 is 0. The highest BCUT2D eigenvalue weighted by atomic mass is 32.2. The van der Waals surface area contributed by atoms with Crippen LogP contribution in [0, 0.1) is 17.8 Å². The third kappa shape index (κ3) is 2.94. The molecule has 5 aliphatic rings. The molecule has 28 heavy (non-hydrogen) atoms. The summed E-state index contributed by atoms with van der Waals surface area (Å²) in [5, 5.41) is 21.6. The van der Waals surface area contributed by atoms with Crippen molar-refractivity contribution in [3.8, 4) is 0 Å². The number of rotatable bonds is 5. The van der Waals surface area contributed by atoms with E-state index >= 15 is 0 Å². The number of carbonyl (C=O) groups is 1. The van der Waals surface area contributed by atoms with Crippen molar-refractivity contribution in [2.24, 2.45) is 17.8 Å². The van der Waals surface area contributed by atoms with Crippen molar-refractivity contribution in [2.75, 3.05) is 13.1 Å². The molecule has 1 aromatic rings. The summed E-state index contributed by atoms with van der Waals surface area (Å²) in [6.07, 6.45) is 7.92. The fraction of sp³-hybridized carbons (Fsp3) is 0.882. The highest BCUT2D eigenvalue weighted by molar-refractivity contribution is 7.87. The Balaban J connectivity index is 1.41. The Bertz CT molecular complexity index is 858. The van der Waals surface area contributed by atoms with Crippen molar-refractivity contribution in [1.82, 2.24) is 29.2 Å². The van der Waals surface area contributed by atoms with Crippen molar-refractivity contribution in [2.45, 2.75) is 62.4 Å². The highest BCUT2D eigenvalue weighted by Gasteiger charge is 2.61. The normalized spacial score (nSPS) is 40.6. The standard InChI is InChI=1S/C17H26N6O4S/c24-15(25)14-2-1-3-22(9-14)28(26,27)20-16-5-12-4-13(6-16)8-17(7-12,10-16)23-19-11-18-21-23/h11-14,20H,1-10H2,(H,24,25)/t12-,13+,14-,16?,17?/m1/s1. The lowest BCUT2D eigenvalue weighted by molar-refractivity contribution is -0.142. The predicted octanol–water partition coefficient (Wildman–Crippen LogP) is 0.352. The predicted molar refractivity (Wildman–Crippen MR) is 97.2 cm³/mol. The van der Waals surface area contributed by atoms with E-state index in [1.807, 2.05) is 0 Å². The monoisotopic (exact) mass is 410 g/mol. The van der Waals surface area contributed by atoms with E-state index in [2.05, 4.69) is 20.1 Å². The number of nitrogens with zero attached hydrogens (tertiary/aromatic N) is 5. The molecule has 2 unspecified atom stereocenters. The molecule has 1 aromatic heterocycles. The van der Waals surface area contributed by atoms with E-state index in [4.69, 9.17) is 0 Å². The molecule has 10 nitrogen and oxygen atoms in total. The maximum atomic E-state index is 13.2. The summed E-state index contributed by atoms with van der Waals surface area (Å²) in [7, 11) is -3.75. The van der Waals surface area contributed by atoms with E-state index < -0.39 is 27.6 Å². The zero-order valence-corrected chi connectivity index (χ0v) is 16.5. The zero-order valence-electron chi connectivity index (χ0n) is 15.7. The summed E-state index contributed by atoms with van der Waals surface area (Å²) < 4.78 is 30.8.